The van der Waals surface area contributed by atoms with Crippen molar-refractivity contribution < 1.29 is 8.78 Å². The van der Waals surface area contributed by atoms with Gasteiger partial charge in [0, 0.05) is 11.1 Å². The van der Waals surface area contributed by atoms with Gasteiger partial charge >= 0.3 is 5.38 Å². The van der Waals surface area contributed by atoms with Crippen molar-refractivity contribution in [2.24, 2.45) is 4.99 Å². The highest BCUT2D eigenvalue weighted by Crippen LogP contribution is 2.29. The molecule has 0 aromatic heterocycles. The minimum absolute atomic E-state index is 0.000330. The molecule has 0 spiro atoms. The standard InChI is InChI=1S/C18H16ClF2N/c1-2-9-16(18(19,20)21)22-17(14-10-5-3-6-11-14)15-12-7-4-8-13-15/h2-8,10-13,16H,1,9H2. The molecule has 0 radical (unpaired) electrons. The first-order valence-electron chi connectivity index (χ1n) is 6.88. The summed E-state index contributed by atoms with van der Waals surface area (Å²) in [5.41, 5.74) is 2.03. The third-order valence-corrected chi connectivity index (χ3v) is 3.40. The highest BCUT2D eigenvalue weighted by Gasteiger charge is 2.36. The number of halogens is 3. The molecule has 114 valence electrons. The Morgan fingerprint density at radius 1 is 1.05 bits per heavy atom. The molecule has 0 amide bonds. The molecule has 2 aromatic carbocycles. The first-order chi connectivity index (χ1) is 10.5. The highest BCUT2D eigenvalue weighted by molar-refractivity contribution is 6.22. The molecule has 1 unspecified atom stereocenters. The maximum absolute atomic E-state index is 13.6. The fraction of sp³-hybridized carbons (Fsp3) is 0.167. The lowest BCUT2D eigenvalue weighted by atomic mass is 10.0. The molecular weight excluding hydrogens is 304 g/mol. The summed E-state index contributed by atoms with van der Waals surface area (Å²) in [6.07, 6.45) is 1.40. The van der Waals surface area contributed by atoms with Crippen LogP contribution < -0.4 is 0 Å². The summed E-state index contributed by atoms with van der Waals surface area (Å²) in [5.74, 6) is 0. The molecule has 0 N–H and O–H groups in total. The fourth-order valence-corrected chi connectivity index (χ4v) is 2.22. The van der Waals surface area contributed by atoms with Gasteiger partial charge in [-0.2, -0.15) is 8.78 Å². The molecule has 0 heterocycles. The SMILES string of the molecule is C=CCC(N=C(c1ccccc1)c1ccccc1)C(F)(F)Cl. The summed E-state index contributed by atoms with van der Waals surface area (Å²) < 4.78 is 27.2. The maximum Gasteiger partial charge on any atom is 0.343 e. The summed E-state index contributed by atoms with van der Waals surface area (Å²) in [5, 5.41) is -3.43. The third-order valence-electron chi connectivity index (χ3n) is 3.15. The van der Waals surface area contributed by atoms with Crippen molar-refractivity contribution in [1.82, 2.24) is 0 Å². The normalized spacial score (nSPS) is 12.5. The second-order valence-corrected chi connectivity index (χ2v) is 5.30. The molecule has 0 saturated heterocycles. The molecule has 2 rings (SSSR count). The van der Waals surface area contributed by atoms with E-state index < -0.39 is 11.4 Å². The Kier molecular flexibility index (Phi) is 5.45. The molecule has 22 heavy (non-hydrogen) atoms. The fourth-order valence-electron chi connectivity index (χ4n) is 2.08. The van der Waals surface area contributed by atoms with Gasteiger partial charge < -0.3 is 0 Å². The number of aliphatic imine (C=N–C) groups is 1. The Morgan fingerprint density at radius 3 is 1.86 bits per heavy atom. The second kappa shape index (κ2) is 7.32. The smallest absolute Gasteiger partial charge is 0.273 e. The summed E-state index contributed by atoms with van der Waals surface area (Å²) in [6.45, 7) is 3.51. The molecule has 0 aliphatic rings. The third kappa shape index (κ3) is 4.25. The summed E-state index contributed by atoms with van der Waals surface area (Å²) in [7, 11) is 0. The van der Waals surface area contributed by atoms with Gasteiger partial charge in [0.1, 0.15) is 6.04 Å². The van der Waals surface area contributed by atoms with Gasteiger partial charge in [-0.3, -0.25) is 4.99 Å². The van der Waals surface area contributed by atoms with Gasteiger partial charge in [-0.1, -0.05) is 66.7 Å². The number of rotatable bonds is 6. The number of alkyl halides is 3. The van der Waals surface area contributed by atoms with E-state index in [1.807, 2.05) is 60.7 Å². The Morgan fingerprint density at radius 2 is 1.50 bits per heavy atom. The molecule has 0 fully saturated rings. The minimum atomic E-state index is -3.43. The van der Waals surface area contributed by atoms with Crippen molar-refractivity contribution in [1.29, 1.82) is 0 Å². The van der Waals surface area contributed by atoms with Crippen LogP contribution in [0.4, 0.5) is 8.78 Å². The van der Waals surface area contributed by atoms with E-state index in [1.54, 1.807) is 0 Å². The van der Waals surface area contributed by atoms with Crippen LogP contribution in [0.5, 0.6) is 0 Å². The van der Waals surface area contributed by atoms with E-state index in [2.05, 4.69) is 11.6 Å². The van der Waals surface area contributed by atoms with Gasteiger partial charge in [0.25, 0.3) is 0 Å². The monoisotopic (exact) mass is 319 g/mol. The molecule has 0 aliphatic heterocycles. The van der Waals surface area contributed by atoms with E-state index >= 15 is 0 Å². The zero-order valence-electron chi connectivity index (χ0n) is 11.9. The molecule has 0 bridgehead atoms. The van der Waals surface area contributed by atoms with Crippen LogP contribution in [0.1, 0.15) is 17.5 Å². The van der Waals surface area contributed by atoms with Crippen LogP contribution in [0.25, 0.3) is 0 Å². The van der Waals surface area contributed by atoms with Crippen molar-refractivity contribution in [3.8, 4) is 0 Å². The Bertz CT molecular complexity index is 592. The van der Waals surface area contributed by atoms with E-state index in [9.17, 15) is 8.78 Å². The van der Waals surface area contributed by atoms with E-state index in [0.717, 1.165) is 11.1 Å². The summed E-state index contributed by atoms with van der Waals surface area (Å²) in [6, 6.07) is 17.1. The lowest BCUT2D eigenvalue weighted by molar-refractivity contribution is 0.0678. The van der Waals surface area contributed by atoms with E-state index in [4.69, 9.17) is 11.6 Å². The molecule has 4 heteroatoms. The molecule has 2 aromatic rings. The Labute approximate surface area is 134 Å². The molecule has 0 aliphatic carbocycles. The first-order valence-corrected chi connectivity index (χ1v) is 7.26. The molecule has 0 saturated carbocycles. The van der Waals surface area contributed by atoms with Crippen LogP contribution in [-0.4, -0.2) is 17.1 Å². The number of hydrogen-bond acceptors (Lipinski definition) is 1. The summed E-state index contributed by atoms with van der Waals surface area (Å²) >= 11 is 5.21. The van der Waals surface area contributed by atoms with Crippen LogP contribution in [-0.2, 0) is 0 Å². The van der Waals surface area contributed by atoms with E-state index in [-0.39, 0.29) is 6.42 Å². The molecule has 1 nitrogen and oxygen atoms in total. The van der Waals surface area contributed by atoms with E-state index in [1.165, 1.54) is 6.08 Å². The highest BCUT2D eigenvalue weighted by atomic mass is 35.5. The van der Waals surface area contributed by atoms with Gasteiger partial charge in [-0.15, -0.1) is 6.58 Å². The summed E-state index contributed by atoms with van der Waals surface area (Å²) in [4.78, 5) is 4.24. The van der Waals surface area contributed by atoms with Crippen molar-refractivity contribution in [3.05, 3.63) is 84.4 Å². The quantitative estimate of drug-likeness (QED) is 0.389. The van der Waals surface area contributed by atoms with Crippen LogP contribution in [0, 0.1) is 0 Å². The van der Waals surface area contributed by atoms with Crippen LogP contribution in [0.15, 0.2) is 78.3 Å². The average molecular weight is 320 g/mol. The molecule has 1 atom stereocenters. The number of nitrogens with zero attached hydrogens (tertiary/aromatic N) is 1. The van der Waals surface area contributed by atoms with Crippen LogP contribution >= 0.6 is 11.6 Å². The largest absolute Gasteiger partial charge is 0.343 e. The predicted octanol–water partition coefficient (Wildman–Crippen LogP) is 5.30. The van der Waals surface area contributed by atoms with Crippen molar-refractivity contribution >= 4 is 17.3 Å². The topological polar surface area (TPSA) is 12.4 Å². The maximum atomic E-state index is 13.6. The second-order valence-electron chi connectivity index (χ2n) is 4.79. The Balaban J connectivity index is 2.53. The average Bonchev–Trinajstić information content (AvgIpc) is 2.52. The predicted molar refractivity (Wildman–Crippen MR) is 87.9 cm³/mol. The van der Waals surface area contributed by atoms with Crippen molar-refractivity contribution in [3.63, 3.8) is 0 Å². The van der Waals surface area contributed by atoms with Gasteiger partial charge in [-0.05, 0) is 18.0 Å². The lowest BCUT2D eigenvalue weighted by Crippen LogP contribution is -2.27. The van der Waals surface area contributed by atoms with Crippen LogP contribution in [0.3, 0.4) is 0 Å². The number of hydrogen-bond donors (Lipinski definition) is 0. The minimum Gasteiger partial charge on any atom is -0.273 e. The van der Waals surface area contributed by atoms with Gasteiger partial charge in [-0.25, -0.2) is 0 Å². The van der Waals surface area contributed by atoms with Crippen molar-refractivity contribution in [2.75, 3.05) is 0 Å². The van der Waals surface area contributed by atoms with Crippen molar-refractivity contribution in [2.45, 2.75) is 17.8 Å². The molecular formula is C18H16ClF2N. The zero-order chi connectivity index (χ0) is 16.0. The van der Waals surface area contributed by atoms with Gasteiger partial charge in [0.15, 0.2) is 0 Å². The van der Waals surface area contributed by atoms with E-state index in [0.29, 0.717) is 5.71 Å². The number of benzene rings is 2. The van der Waals surface area contributed by atoms with Gasteiger partial charge in [0.05, 0.1) is 5.71 Å². The van der Waals surface area contributed by atoms with Crippen LogP contribution in [0.2, 0.25) is 0 Å². The van der Waals surface area contributed by atoms with Gasteiger partial charge in [0.2, 0.25) is 0 Å². The lowest BCUT2D eigenvalue weighted by Gasteiger charge is -2.18. The zero-order valence-corrected chi connectivity index (χ0v) is 12.7. The first kappa shape index (κ1) is 16.4. The Hall–Kier alpha value is -2.00.